The molecule has 186 valence electrons. The lowest BCUT2D eigenvalue weighted by atomic mass is 9.96. The molecular weight excluding hydrogens is 460 g/mol. The van der Waals surface area contributed by atoms with Crippen LogP contribution in [0.25, 0.3) is 0 Å². The fourth-order valence-electron chi connectivity index (χ4n) is 4.00. The van der Waals surface area contributed by atoms with Crippen molar-refractivity contribution in [1.82, 2.24) is 5.32 Å². The number of anilines is 1. The van der Waals surface area contributed by atoms with E-state index in [1.807, 2.05) is 20.8 Å². The molecule has 0 aliphatic rings. The Balaban J connectivity index is 1.63. The maximum Gasteiger partial charge on any atom is 0.264 e. The molecule has 0 saturated heterocycles. The molecule has 0 spiro atoms. The Kier molecular flexibility index (Phi) is 8.22. The van der Waals surface area contributed by atoms with Crippen LogP contribution in [-0.2, 0) is 14.8 Å². The van der Waals surface area contributed by atoms with Crippen LogP contribution in [0.1, 0.15) is 47.7 Å². The van der Waals surface area contributed by atoms with Crippen LogP contribution in [0.5, 0.6) is 5.75 Å². The quantitative estimate of drug-likeness (QED) is 0.433. The Hall–Kier alpha value is -3.32. The van der Waals surface area contributed by atoms with Crippen molar-refractivity contribution in [3.63, 3.8) is 0 Å². The molecule has 0 fully saturated rings. The van der Waals surface area contributed by atoms with Gasteiger partial charge in [-0.15, -0.1) is 0 Å². The summed E-state index contributed by atoms with van der Waals surface area (Å²) < 4.78 is 33.2. The third-order valence-electron chi connectivity index (χ3n) is 6.12. The molecule has 0 bridgehead atoms. The average Bonchev–Trinajstić information content (AvgIpc) is 2.81. The first-order valence-corrected chi connectivity index (χ1v) is 13.2. The van der Waals surface area contributed by atoms with E-state index in [2.05, 4.69) is 31.3 Å². The molecule has 3 aromatic carbocycles. The van der Waals surface area contributed by atoms with Crippen LogP contribution >= 0.6 is 0 Å². The summed E-state index contributed by atoms with van der Waals surface area (Å²) in [6, 6.07) is 17.6. The van der Waals surface area contributed by atoms with Gasteiger partial charge in [0.15, 0.2) is 6.61 Å². The summed E-state index contributed by atoms with van der Waals surface area (Å²) in [6.45, 7) is 12.0. The smallest absolute Gasteiger partial charge is 0.264 e. The third-order valence-corrected chi connectivity index (χ3v) is 8.03. The number of sulfonamides is 1. The highest BCUT2D eigenvalue weighted by atomic mass is 32.2. The second kappa shape index (κ2) is 11.0. The molecule has 0 saturated carbocycles. The molecule has 0 heterocycles. The Morgan fingerprint density at radius 2 is 1.51 bits per heavy atom. The second-order valence-corrected chi connectivity index (χ2v) is 10.7. The molecule has 1 amide bonds. The number of hydrogen-bond donors (Lipinski definition) is 1. The average molecular weight is 495 g/mol. The van der Waals surface area contributed by atoms with Crippen molar-refractivity contribution < 1.29 is 17.9 Å². The Morgan fingerprint density at radius 1 is 0.914 bits per heavy atom. The third kappa shape index (κ3) is 6.22. The predicted molar refractivity (Wildman–Crippen MR) is 141 cm³/mol. The van der Waals surface area contributed by atoms with Gasteiger partial charge in [0.2, 0.25) is 0 Å². The molecule has 0 unspecified atom stereocenters. The van der Waals surface area contributed by atoms with E-state index < -0.39 is 10.0 Å². The molecule has 35 heavy (non-hydrogen) atoms. The second-order valence-electron chi connectivity index (χ2n) is 8.85. The number of nitrogens with one attached hydrogen (secondary N) is 1. The van der Waals surface area contributed by atoms with Gasteiger partial charge in [-0.2, -0.15) is 0 Å². The van der Waals surface area contributed by atoms with Crippen molar-refractivity contribution in [2.75, 3.05) is 17.5 Å². The largest absolute Gasteiger partial charge is 0.484 e. The monoisotopic (exact) mass is 494 g/mol. The first-order valence-electron chi connectivity index (χ1n) is 11.7. The lowest BCUT2D eigenvalue weighted by Crippen LogP contribution is -2.31. The SMILES string of the molecule is CCN(c1ccc(OCC(=O)N[C@@H](C)c2cc(C)c(C)cc2C)cc1)S(=O)(=O)c1ccc(C)cc1. The van der Waals surface area contributed by atoms with Gasteiger partial charge in [0.25, 0.3) is 15.9 Å². The van der Waals surface area contributed by atoms with Crippen molar-refractivity contribution in [2.45, 2.75) is 52.5 Å². The molecule has 0 radical (unpaired) electrons. The van der Waals surface area contributed by atoms with Crippen molar-refractivity contribution in [3.8, 4) is 5.75 Å². The molecule has 0 aliphatic heterocycles. The number of amides is 1. The van der Waals surface area contributed by atoms with Crippen molar-refractivity contribution in [2.24, 2.45) is 0 Å². The summed E-state index contributed by atoms with van der Waals surface area (Å²) in [7, 11) is -3.68. The molecule has 0 aromatic heterocycles. The summed E-state index contributed by atoms with van der Waals surface area (Å²) in [4.78, 5) is 12.7. The van der Waals surface area contributed by atoms with E-state index in [4.69, 9.17) is 4.74 Å². The van der Waals surface area contributed by atoms with E-state index >= 15 is 0 Å². The zero-order valence-electron chi connectivity index (χ0n) is 21.3. The van der Waals surface area contributed by atoms with Gasteiger partial charge in [0, 0.05) is 6.54 Å². The van der Waals surface area contributed by atoms with Crippen molar-refractivity contribution >= 4 is 21.6 Å². The number of carbonyl (C=O) groups is 1. The molecule has 7 heteroatoms. The van der Waals surface area contributed by atoms with E-state index in [-0.39, 0.29) is 30.0 Å². The Morgan fingerprint density at radius 3 is 2.11 bits per heavy atom. The fourth-order valence-corrected chi connectivity index (χ4v) is 5.47. The van der Waals surface area contributed by atoms with E-state index in [1.165, 1.54) is 15.4 Å². The van der Waals surface area contributed by atoms with Crippen LogP contribution in [0, 0.1) is 27.7 Å². The number of rotatable bonds is 9. The van der Waals surface area contributed by atoms with Gasteiger partial charge in [0.05, 0.1) is 16.6 Å². The number of benzene rings is 3. The van der Waals surface area contributed by atoms with E-state index in [0.717, 1.165) is 16.7 Å². The first-order chi connectivity index (χ1) is 16.5. The van der Waals surface area contributed by atoms with Crippen molar-refractivity contribution in [1.29, 1.82) is 0 Å². The van der Waals surface area contributed by atoms with Crippen LogP contribution < -0.4 is 14.4 Å². The highest BCUT2D eigenvalue weighted by Gasteiger charge is 2.23. The van der Waals surface area contributed by atoms with Gasteiger partial charge in [0.1, 0.15) is 5.75 Å². The van der Waals surface area contributed by atoms with Crippen molar-refractivity contribution in [3.05, 3.63) is 88.5 Å². The number of carbonyl (C=O) groups excluding carboxylic acids is 1. The van der Waals surface area contributed by atoms with Gasteiger partial charge in [-0.25, -0.2) is 8.42 Å². The van der Waals surface area contributed by atoms with Crippen LogP contribution in [0.15, 0.2) is 65.6 Å². The molecule has 1 N–H and O–H groups in total. The van der Waals surface area contributed by atoms with E-state index in [9.17, 15) is 13.2 Å². The predicted octanol–water partition coefficient (Wildman–Crippen LogP) is 5.39. The highest BCUT2D eigenvalue weighted by Crippen LogP contribution is 2.26. The minimum Gasteiger partial charge on any atom is -0.484 e. The lowest BCUT2D eigenvalue weighted by Gasteiger charge is -2.23. The van der Waals surface area contributed by atoms with E-state index in [0.29, 0.717) is 11.4 Å². The van der Waals surface area contributed by atoms with Gasteiger partial charge in [-0.1, -0.05) is 29.8 Å². The van der Waals surface area contributed by atoms with Crippen LogP contribution in [-0.4, -0.2) is 27.5 Å². The topological polar surface area (TPSA) is 75.7 Å². The molecule has 3 aromatic rings. The first kappa shape index (κ1) is 26.3. The molecule has 6 nitrogen and oxygen atoms in total. The van der Waals surface area contributed by atoms with Gasteiger partial charge in [-0.3, -0.25) is 9.10 Å². The van der Waals surface area contributed by atoms with Crippen LogP contribution in [0.3, 0.4) is 0 Å². The maximum atomic E-state index is 13.1. The summed E-state index contributed by atoms with van der Waals surface area (Å²) in [5.41, 5.74) is 6.16. The fraction of sp³-hybridized carbons (Fsp3) is 0.321. The maximum absolute atomic E-state index is 13.1. The van der Waals surface area contributed by atoms with Gasteiger partial charge < -0.3 is 10.1 Å². The Bertz CT molecular complexity index is 1280. The summed E-state index contributed by atoms with van der Waals surface area (Å²) in [5.74, 6) is 0.263. The summed E-state index contributed by atoms with van der Waals surface area (Å²) in [6.07, 6.45) is 0. The molecule has 1 atom stereocenters. The van der Waals surface area contributed by atoms with Crippen LogP contribution in [0.2, 0.25) is 0 Å². The standard InChI is InChI=1S/C28H34N2O4S/c1-7-30(35(32,33)26-14-8-19(2)9-15-26)24-10-12-25(13-11-24)34-18-28(31)29-23(6)27-17-21(4)20(3)16-22(27)5/h8-17,23H,7,18H2,1-6H3,(H,29,31)/t23-/m0/s1. The van der Waals surface area contributed by atoms with Crippen LogP contribution in [0.4, 0.5) is 5.69 Å². The zero-order chi connectivity index (χ0) is 25.8. The van der Waals surface area contributed by atoms with Gasteiger partial charge in [-0.05, 0) is 100 Å². The molecule has 3 rings (SSSR count). The number of hydrogen-bond acceptors (Lipinski definition) is 4. The lowest BCUT2D eigenvalue weighted by molar-refractivity contribution is -0.123. The van der Waals surface area contributed by atoms with Gasteiger partial charge >= 0.3 is 0 Å². The summed E-state index contributed by atoms with van der Waals surface area (Å²) >= 11 is 0. The number of nitrogens with zero attached hydrogens (tertiary/aromatic N) is 1. The van der Waals surface area contributed by atoms with E-state index in [1.54, 1.807) is 55.5 Å². The molecular formula is C28H34N2O4S. The molecule has 0 aliphatic carbocycles. The zero-order valence-corrected chi connectivity index (χ0v) is 22.1. The minimum absolute atomic E-state index is 0.132. The number of aryl methyl sites for hydroxylation is 4. The Labute approximate surface area is 209 Å². The highest BCUT2D eigenvalue weighted by molar-refractivity contribution is 7.92. The number of ether oxygens (including phenoxy) is 1. The summed E-state index contributed by atoms with van der Waals surface area (Å²) in [5, 5.41) is 2.98. The normalized spacial score (nSPS) is 12.2. The minimum atomic E-state index is -3.68.